The van der Waals surface area contributed by atoms with Crippen LogP contribution in [0.2, 0.25) is 5.02 Å². The van der Waals surface area contributed by atoms with E-state index in [-0.39, 0.29) is 18.4 Å². The van der Waals surface area contributed by atoms with E-state index in [9.17, 15) is 14.9 Å². The molecule has 0 unspecified atom stereocenters. The number of anilines is 3. The lowest BCUT2D eigenvalue weighted by atomic mass is 9.82. The van der Waals surface area contributed by atoms with Crippen LogP contribution in [0.1, 0.15) is 37.8 Å². The molecule has 6 heterocycles. The van der Waals surface area contributed by atoms with Crippen LogP contribution in [0.4, 0.5) is 22.1 Å². The minimum absolute atomic E-state index is 0.251. The van der Waals surface area contributed by atoms with Crippen molar-refractivity contribution in [2.45, 2.75) is 44.7 Å². The molecule has 0 bridgehead atoms. The van der Waals surface area contributed by atoms with E-state index < -0.39 is 11.4 Å². The summed E-state index contributed by atoms with van der Waals surface area (Å²) < 4.78 is 5.44. The molecule has 12 nitrogen and oxygen atoms in total. The molecular formula is C32H36ClN9O3. The monoisotopic (exact) mass is 629 g/mol. The van der Waals surface area contributed by atoms with E-state index in [1.165, 1.54) is 4.90 Å². The van der Waals surface area contributed by atoms with Crippen LogP contribution in [0.25, 0.3) is 11.3 Å². The third-order valence-corrected chi connectivity index (χ3v) is 8.98. The molecular weight excluding hydrogens is 594 g/mol. The number of nitrogens with zero attached hydrogens (tertiary/aromatic N) is 6. The second-order valence-corrected chi connectivity index (χ2v) is 12.2. The normalized spacial score (nSPS) is 19.1. The molecule has 0 aliphatic carbocycles. The maximum Gasteiger partial charge on any atom is 0.328 e. The van der Waals surface area contributed by atoms with Crippen molar-refractivity contribution in [1.29, 1.82) is 5.26 Å². The van der Waals surface area contributed by atoms with Crippen LogP contribution in [0.15, 0.2) is 48.8 Å². The predicted octanol–water partition coefficient (Wildman–Crippen LogP) is 4.45. The lowest BCUT2D eigenvalue weighted by Crippen LogP contribution is -2.49. The average Bonchev–Trinajstić information content (AvgIpc) is 3.07. The molecule has 0 spiro atoms. The number of carbonyl (C=O) groups excluding carboxylic acids is 2. The predicted molar refractivity (Wildman–Crippen MR) is 171 cm³/mol. The van der Waals surface area contributed by atoms with Crippen molar-refractivity contribution < 1.29 is 14.3 Å². The molecule has 3 saturated heterocycles. The molecule has 13 heteroatoms. The van der Waals surface area contributed by atoms with Crippen LogP contribution in [0.5, 0.6) is 0 Å². The van der Waals surface area contributed by atoms with E-state index in [4.69, 9.17) is 21.3 Å². The number of urea groups is 1. The van der Waals surface area contributed by atoms with Gasteiger partial charge in [0.05, 0.1) is 39.8 Å². The Bertz CT molecular complexity index is 1560. The van der Waals surface area contributed by atoms with Crippen molar-refractivity contribution in [2.75, 3.05) is 54.9 Å². The zero-order valence-corrected chi connectivity index (χ0v) is 25.7. The Hall–Kier alpha value is -4.31. The van der Waals surface area contributed by atoms with Gasteiger partial charge >= 0.3 is 6.03 Å². The number of nitriles is 1. The highest BCUT2D eigenvalue weighted by atomic mass is 35.5. The number of hydrogen-bond acceptors (Lipinski definition) is 10. The lowest BCUT2D eigenvalue weighted by molar-refractivity contribution is -0.120. The number of rotatable bonds is 9. The third-order valence-electron chi connectivity index (χ3n) is 8.68. The van der Waals surface area contributed by atoms with Gasteiger partial charge in [0.2, 0.25) is 5.91 Å². The smallest absolute Gasteiger partial charge is 0.328 e. The molecule has 234 valence electrons. The summed E-state index contributed by atoms with van der Waals surface area (Å²) in [5.74, 6) is 1.19. The number of carbonyl (C=O) groups is 2. The molecule has 6 rings (SSSR count). The van der Waals surface area contributed by atoms with Crippen molar-refractivity contribution in [2.24, 2.45) is 5.41 Å². The van der Waals surface area contributed by atoms with E-state index in [1.54, 1.807) is 12.4 Å². The van der Waals surface area contributed by atoms with Crippen LogP contribution >= 0.6 is 11.6 Å². The van der Waals surface area contributed by atoms with E-state index in [0.717, 1.165) is 55.2 Å². The molecule has 3 aromatic heterocycles. The minimum atomic E-state index is -0.450. The Morgan fingerprint density at radius 2 is 1.89 bits per heavy atom. The van der Waals surface area contributed by atoms with Crippen molar-refractivity contribution in [1.82, 2.24) is 25.2 Å². The van der Waals surface area contributed by atoms with Gasteiger partial charge in [-0.25, -0.2) is 14.8 Å². The number of hydrogen-bond donors (Lipinski definition) is 3. The van der Waals surface area contributed by atoms with Crippen LogP contribution in [-0.2, 0) is 16.1 Å². The summed E-state index contributed by atoms with van der Waals surface area (Å²) in [7, 11) is 0. The van der Waals surface area contributed by atoms with E-state index >= 15 is 0 Å². The van der Waals surface area contributed by atoms with Crippen LogP contribution in [0, 0.1) is 16.7 Å². The van der Waals surface area contributed by atoms with E-state index in [0.29, 0.717) is 55.7 Å². The minimum Gasteiger partial charge on any atom is -0.381 e. The van der Waals surface area contributed by atoms with Crippen molar-refractivity contribution in [3.05, 3.63) is 59.5 Å². The summed E-state index contributed by atoms with van der Waals surface area (Å²) in [6, 6.07) is 13.9. The van der Waals surface area contributed by atoms with Crippen LogP contribution in [0.3, 0.4) is 0 Å². The van der Waals surface area contributed by atoms with Gasteiger partial charge in [0.25, 0.3) is 0 Å². The Morgan fingerprint density at radius 3 is 2.62 bits per heavy atom. The van der Waals surface area contributed by atoms with Gasteiger partial charge in [-0.1, -0.05) is 17.7 Å². The Balaban J connectivity index is 1.02. The summed E-state index contributed by atoms with van der Waals surface area (Å²) in [6.45, 7) is 4.61. The summed E-state index contributed by atoms with van der Waals surface area (Å²) in [5.41, 5.74) is 2.69. The molecule has 45 heavy (non-hydrogen) atoms. The summed E-state index contributed by atoms with van der Waals surface area (Å²) in [5, 5.41) is 19.6. The molecule has 3 N–H and O–H groups in total. The number of nitrogens with one attached hydrogen (secondary N) is 3. The standard InChI is InChI=1S/C32H36ClN9O3/c33-26-18-36-29(16-25(26)27-2-1-3-28(39-27)37-21-32(20-34)9-14-45-15-10-32)38-22-6-11-41(12-7-22)19-23-4-5-24(17-35-23)42-13-8-30(43)40-31(42)44/h1-5,16-18,22H,6-15,19,21H2,(H,36,38)(H,37,39)(H,40,43,44). The first-order valence-electron chi connectivity index (χ1n) is 15.3. The van der Waals surface area contributed by atoms with E-state index in [1.807, 2.05) is 36.4 Å². The molecule has 0 aromatic carbocycles. The fourth-order valence-electron chi connectivity index (χ4n) is 5.90. The van der Waals surface area contributed by atoms with Gasteiger partial charge in [0, 0.05) is 70.2 Å². The fraction of sp³-hybridized carbons (Fsp3) is 0.438. The van der Waals surface area contributed by atoms with E-state index in [2.05, 4.69) is 36.9 Å². The van der Waals surface area contributed by atoms with Crippen molar-refractivity contribution in [3.8, 4) is 17.3 Å². The summed E-state index contributed by atoms with van der Waals surface area (Å²) >= 11 is 6.58. The molecule has 3 fully saturated rings. The largest absolute Gasteiger partial charge is 0.381 e. The van der Waals surface area contributed by atoms with Gasteiger partial charge in [-0.3, -0.25) is 24.9 Å². The maximum atomic E-state index is 12.1. The number of piperidine rings is 1. The molecule has 0 saturated carbocycles. The first-order valence-corrected chi connectivity index (χ1v) is 15.7. The lowest BCUT2D eigenvalue weighted by Gasteiger charge is -2.32. The van der Waals surface area contributed by atoms with Crippen molar-refractivity contribution in [3.63, 3.8) is 0 Å². The third kappa shape index (κ3) is 7.50. The number of likely N-dealkylation sites (tertiary alicyclic amines) is 1. The van der Waals surface area contributed by atoms with Crippen LogP contribution < -0.4 is 20.9 Å². The highest BCUT2D eigenvalue weighted by Crippen LogP contribution is 2.32. The summed E-state index contributed by atoms with van der Waals surface area (Å²) in [4.78, 5) is 41.3. The van der Waals surface area contributed by atoms with Gasteiger partial charge in [0.1, 0.15) is 11.6 Å². The number of imide groups is 1. The van der Waals surface area contributed by atoms with Gasteiger partial charge in [0.15, 0.2) is 0 Å². The topological polar surface area (TPSA) is 148 Å². The number of pyridine rings is 3. The Labute approximate surface area is 267 Å². The molecule has 0 radical (unpaired) electrons. The molecule has 3 aliphatic rings. The number of aromatic nitrogens is 3. The number of amides is 3. The van der Waals surface area contributed by atoms with Crippen LogP contribution in [-0.4, -0.2) is 77.2 Å². The molecule has 3 aliphatic heterocycles. The second kappa shape index (κ2) is 13.8. The second-order valence-electron chi connectivity index (χ2n) is 11.8. The SMILES string of the molecule is N#CC1(CNc2cccc(-c3cc(NC4CCN(Cc5ccc(N6CCC(=O)NC6=O)cn5)CC4)ncc3Cl)n2)CCOCC1. The number of ether oxygens (including phenoxy) is 1. The zero-order chi connectivity index (χ0) is 31.2. The van der Waals surface area contributed by atoms with Gasteiger partial charge in [-0.15, -0.1) is 0 Å². The van der Waals surface area contributed by atoms with Gasteiger partial charge in [-0.05, 0) is 56.0 Å². The maximum absolute atomic E-state index is 12.1. The molecule has 3 amide bonds. The van der Waals surface area contributed by atoms with Gasteiger partial charge in [-0.2, -0.15) is 5.26 Å². The Morgan fingerprint density at radius 1 is 1.07 bits per heavy atom. The molecule has 0 atom stereocenters. The zero-order valence-electron chi connectivity index (χ0n) is 25.0. The highest BCUT2D eigenvalue weighted by Gasteiger charge is 2.32. The first-order chi connectivity index (χ1) is 21.9. The molecule has 3 aromatic rings. The number of halogens is 1. The first kappa shape index (κ1) is 30.7. The highest BCUT2D eigenvalue weighted by molar-refractivity contribution is 6.33. The average molecular weight is 630 g/mol. The fourth-order valence-corrected chi connectivity index (χ4v) is 6.10. The summed E-state index contributed by atoms with van der Waals surface area (Å²) in [6.07, 6.45) is 6.94. The Kier molecular flexibility index (Phi) is 9.39. The van der Waals surface area contributed by atoms with Crippen molar-refractivity contribution >= 4 is 40.9 Å². The quantitative estimate of drug-likeness (QED) is 0.310. The van der Waals surface area contributed by atoms with Gasteiger partial charge < -0.3 is 15.4 Å².